The highest BCUT2D eigenvalue weighted by Crippen LogP contribution is 2.28. The zero-order valence-electron chi connectivity index (χ0n) is 16.0. The van der Waals surface area contributed by atoms with E-state index in [1.54, 1.807) is 35.1 Å². The van der Waals surface area contributed by atoms with Gasteiger partial charge in [0.15, 0.2) is 0 Å². The minimum Gasteiger partial charge on any atom is -0.369 e. The summed E-state index contributed by atoms with van der Waals surface area (Å²) in [4.78, 5) is 25.6. The maximum absolute atomic E-state index is 14.0. The van der Waals surface area contributed by atoms with E-state index in [1.165, 1.54) is 12.1 Å². The van der Waals surface area contributed by atoms with Gasteiger partial charge in [0, 0.05) is 56.0 Å². The molecule has 1 aromatic carbocycles. The fourth-order valence-corrected chi connectivity index (χ4v) is 3.50. The summed E-state index contributed by atoms with van der Waals surface area (Å²) in [5, 5.41) is 2.94. The molecule has 0 saturated carbocycles. The Morgan fingerprint density at radius 2 is 2.04 bits per heavy atom. The summed E-state index contributed by atoms with van der Waals surface area (Å²) in [6.45, 7) is 5.50. The number of benzene rings is 1. The predicted molar refractivity (Wildman–Crippen MR) is 105 cm³/mol. The zero-order chi connectivity index (χ0) is 19.7. The summed E-state index contributed by atoms with van der Waals surface area (Å²) in [6.07, 6.45) is 5.05. The van der Waals surface area contributed by atoms with Crippen LogP contribution in [0.3, 0.4) is 0 Å². The van der Waals surface area contributed by atoms with Gasteiger partial charge in [-0.05, 0) is 38.2 Å². The lowest BCUT2D eigenvalue weighted by Crippen LogP contribution is -2.45. The van der Waals surface area contributed by atoms with E-state index in [0.29, 0.717) is 5.78 Å². The minimum atomic E-state index is -0.365. The van der Waals surface area contributed by atoms with Crippen LogP contribution in [0.5, 0.6) is 0 Å². The monoisotopic (exact) mass is 382 g/mol. The molecular weight excluding hydrogens is 359 g/mol. The summed E-state index contributed by atoms with van der Waals surface area (Å²) >= 11 is 0. The SMILES string of the molecule is CC(NC(=O)c1cn2cccnc2n1)c1cc(F)ccc1N1CCN(C)CC1. The smallest absolute Gasteiger partial charge is 0.272 e. The van der Waals surface area contributed by atoms with Gasteiger partial charge in [-0.3, -0.25) is 9.20 Å². The normalized spacial score (nSPS) is 16.3. The Labute approximate surface area is 162 Å². The van der Waals surface area contributed by atoms with Crippen LogP contribution in [0.1, 0.15) is 29.0 Å². The lowest BCUT2D eigenvalue weighted by molar-refractivity contribution is 0.0935. The van der Waals surface area contributed by atoms with Gasteiger partial charge in [0.25, 0.3) is 5.91 Å². The highest BCUT2D eigenvalue weighted by Gasteiger charge is 2.22. The van der Waals surface area contributed by atoms with Gasteiger partial charge < -0.3 is 15.1 Å². The van der Waals surface area contributed by atoms with Crippen LogP contribution in [0, 0.1) is 5.82 Å². The second kappa shape index (κ2) is 7.55. The number of imidazole rings is 1. The van der Waals surface area contributed by atoms with Crippen molar-refractivity contribution in [3.05, 3.63) is 59.9 Å². The molecule has 3 aromatic rings. The Kier molecular flexibility index (Phi) is 4.95. The summed E-state index contributed by atoms with van der Waals surface area (Å²) in [5.74, 6) is -0.165. The lowest BCUT2D eigenvalue weighted by Gasteiger charge is -2.36. The van der Waals surface area contributed by atoms with E-state index in [2.05, 4.69) is 32.1 Å². The van der Waals surface area contributed by atoms with Crippen LogP contribution in [-0.4, -0.2) is 58.4 Å². The first-order chi connectivity index (χ1) is 13.5. The van der Waals surface area contributed by atoms with Crippen molar-refractivity contribution in [2.75, 3.05) is 38.1 Å². The molecule has 0 bridgehead atoms. The number of hydrogen-bond donors (Lipinski definition) is 1. The van der Waals surface area contributed by atoms with Crippen LogP contribution in [0.4, 0.5) is 10.1 Å². The van der Waals surface area contributed by atoms with E-state index in [9.17, 15) is 9.18 Å². The number of halogens is 1. The maximum atomic E-state index is 14.0. The van der Waals surface area contributed by atoms with Crippen molar-refractivity contribution >= 4 is 17.4 Å². The van der Waals surface area contributed by atoms with Crippen molar-refractivity contribution in [1.82, 2.24) is 24.6 Å². The molecule has 0 spiro atoms. The van der Waals surface area contributed by atoms with E-state index in [1.807, 2.05) is 6.92 Å². The first-order valence-corrected chi connectivity index (χ1v) is 9.35. The number of amides is 1. The van der Waals surface area contributed by atoms with E-state index < -0.39 is 0 Å². The Hall–Kier alpha value is -3.00. The number of aromatic nitrogens is 3. The average molecular weight is 382 g/mol. The lowest BCUT2D eigenvalue weighted by atomic mass is 10.0. The quantitative estimate of drug-likeness (QED) is 0.749. The molecule has 1 aliphatic heterocycles. The summed E-state index contributed by atoms with van der Waals surface area (Å²) < 4.78 is 15.7. The number of carbonyl (C=O) groups excluding carboxylic acids is 1. The number of hydrogen-bond acceptors (Lipinski definition) is 5. The van der Waals surface area contributed by atoms with Gasteiger partial charge in [-0.2, -0.15) is 0 Å². The van der Waals surface area contributed by atoms with Gasteiger partial charge in [0.2, 0.25) is 5.78 Å². The fourth-order valence-electron chi connectivity index (χ4n) is 3.50. The Morgan fingerprint density at radius 3 is 2.79 bits per heavy atom. The van der Waals surface area contributed by atoms with Gasteiger partial charge in [-0.1, -0.05) is 0 Å². The molecule has 28 heavy (non-hydrogen) atoms. The number of nitrogens with one attached hydrogen (secondary N) is 1. The van der Waals surface area contributed by atoms with E-state index in [-0.39, 0.29) is 23.5 Å². The molecule has 1 amide bonds. The highest BCUT2D eigenvalue weighted by atomic mass is 19.1. The Morgan fingerprint density at radius 1 is 1.25 bits per heavy atom. The number of likely N-dealkylation sites (N-methyl/N-ethyl adjacent to an activating group) is 1. The number of nitrogens with zero attached hydrogens (tertiary/aromatic N) is 5. The van der Waals surface area contributed by atoms with Crippen LogP contribution in [0.25, 0.3) is 5.78 Å². The molecule has 0 aliphatic carbocycles. The van der Waals surface area contributed by atoms with Crippen molar-refractivity contribution in [3.63, 3.8) is 0 Å². The molecule has 2 aromatic heterocycles. The second-order valence-electron chi connectivity index (χ2n) is 7.14. The fraction of sp³-hybridized carbons (Fsp3) is 0.350. The Bertz CT molecular complexity index is 962. The first-order valence-electron chi connectivity index (χ1n) is 9.35. The topological polar surface area (TPSA) is 65.8 Å². The van der Waals surface area contributed by atoms with Crippen LogP contribution < -0.4 is 10.2 Å². The van der Waals surface area contributed by atoms with E-state index in [0.717, 1.165) is 37.4 Å². The van der Waals surface area contributed by atoms with Crippen molar-refractivity contribution in [1.29, 1.82) is 0 Å². The largest absolute Gasteiger partial charge is 0.369 e. The average Bonchev–Trinajstić information content (AvgIpc) is 3.13. The van der Waals surface area contributed by atoms with Crippen molar-refractivity contribution in [2.24, 2.45) is 0 Å². The molecular formula is C20H23FN6O. The third-order valence-electron chi connectivity index (χ3n) is 5.12. The molecule has 4 rings (SSSR count). The number of rotatable bonds is 4. The number of anilines is 1. The van der Waals surface area contributed by atoms with Gasteiger partial charge in [-0.25, -0.2) is 14.4 Å². The maximum Gasteiger partial charge on any atom is 0.272 e. The number of piperazine rings is 1. The first kappa shape index (κ1) is 18.4. The van der Waals surface area contributed by atoms with Crippen molar-refractivity contribution in [2.45, 2.75) is 13.0 Å². The van der Waals surface area contributed by atoms with Crippen molar-refractivity contribution < 1.29 is 9.18 Å². The molecule has 0 radical (unpaired) electrons. The Balaban J connectivity index is 1.56. The molecule has 1 fully saturated rings. The van der Waals surface area contributed by atoms with Crippen LogP contribution in [0.15, 0.2) is 42.9 Å². The zero-order valence-corrected chi connectivity index (χ0v) is 16.0. The van der Waals surface area contributed by atoms with E-state index in [4.69, 9.17) is 0 Å². The molecule has 1 saturated heterocycles. The summed E-state index contributed by atoms with van der Waals surface area (Å²) in [6, 6.07) is 6.18. The number of fused-ring (bicyclic) bond motifs is 1. The summed E-state index contributed by atoms with van der Waals surface area (Å²) in [5.41, 5.74) is 2.00. The molecule has 7 nitrogen and oxygen atoms in total. The van der Waals surface area contributed by atoms with E-state index >= 15 is 0 Å². The molecule has 1 N–H and O–H groups in total. The van der Waals surface area contributed by atoms with Gasteiger partial charge >= 0.3 is 0 Å². The second-order valence-corrected chi connectivity index (χ2v) is 7.14. The third kappa shape index (κ3) is 3.68. The molecule has 8 heteroatoms. The van der Waals surface area contributed by atoms with Gasteiger partial charge in [0.05, 0.1) is 6.04 Å². The number of carbonyl (C=O) groups is 1. The molecule has 146 valence electrons. The standard InChI is InChI=1S/C20H23FN6O/c1-14(23-19(28)17-13-27-7-3-6-22-20(27)24-17)16-12-15(21)4-5-18(16)26-10-8-25(2)9-11-26/h3-7,12-14H,8-11H2,1-2H3,(H,23,28). The van der Waals surface area contributed by atoms with Crippen LogP contribution in [0.2, 0.25) is 0 Å². The summed E-state index contributed by atoms with van der Waals surface area (Å²) in [7, 11) is 2.09. The van der Waals surface area contributed by atoms with Crippen LogP contribution in [-0.2, 0) is 0 Å². The third-order valence-corrected chi connectivity index (χ3v) is 5.12. The van der Waals surface area contributed by atoms with Gasteiger partial charge in [-0.15, -0.1) is 0 Å². The van der Waals surface area contributed by atoms with Crippen molar-refractivity contribution in [3.8, 4) is 0 Å². The molecule has 1 aliphatic rings. The predicted octanol–water partition coefficient (Wildman–Crippen LogP) is 2.11. The highest BCUT2D eigenvalue weighted by molar-refractivity contribution is 5.93. The van der Waals surface area contributed by atoms with Gasteiger partial charge in [0.1, 0.15) is 11.5 Å². The van der Waals surface area contributed by atoms with Crippen LogP contribution >= 0.6 is 0 Å². The molecule has 3 heterocycles. The molecule has 1 atom stereocenters. The molecule has 1 unspecified atom stereocenters. The minimum absolute atomic E-state index is 0.281.